The van der Waals surface area contributed by atoms with Crippen LogP contribution in [0.15, 0.2) is 58.0 Å². The topological polar surface area (TPSA) is 103 Å². The van der Waals surface area contributed by atoms with Gasteiger partial charge in [-0.25, -0.2) is 15.0 Å². The average molecular weight is 304 g/mol. The highest BCUT2D eigenvalue weighted by Crippen LogP contribution is 2.42. The Labute approximate surface area is 132 Å². The van der Waals surface area contributed by atoms with E-state index in [0.29, 0.717) is 34.2 Å². The number of rotatable bonds is 2. The van der Waals surface area contributed by atoms with Gasteiger partial charge in [0, 0.05) is 11.4 Å². The van der Waals surface area contributed by atoms with Gasteiger partial charge in [-0.1, -0.05) is 0 Å². The maximum atomic E-state index is 9.63. The van der Waals surface area contributed by atoms with Gasteiger partial charge in [-0.15, -0.1) is 0 Å². The molecule has 2 aromatic heterocycles. The first-order valence-electron chi connectivity index (χ1n) is 6.86. The molecule has 1 aliphatic heterocycles. The molecule has 3 heterocycles. The molecule has 23 heavy (non-hydrogen) atoms. The Morgan fingerprint density at radius 2 is 1.70 bits per heavy atom. The Bertz CT molecular complexity index is 830. The van der Waals surface area contributed by atoms with E-state index in [1.807, 2.05) is 0 Å². The fraction of sp³-hybridized carbons (Fsp3) is 0.188. The molecule has 0 aromatic carbocycles. The Kier molecular flexibility index (Phi) is 3.62. The van der Waals surface area contributed by atoms with Gasteiger partial charge in [0.05, 0.1) is 35.5 Å². The predicted octanol–water partition coefficient (Wildman–Crippen LogP) is 2.66. The maximum Gasteiger partial charge on any atom is 0.237 e. The molecule has 0 N–H and O–H groups in total. The highest BCUT2D eigenvalue weighted by Gasteiger charge is 2.36. The first-order valence-corrected chi connectivity index (χ1v) is 6.86. The van der Waals surface area contributed by atoms with E-state index in [2.05, 4.69) is 27.1 Å². The highest BCUT2D eigenvalue weighted by molar-refractivity contribution is 5.63. The minimum atomic E-state index is -0.516. The fourth-order valence-corrected chi connectivity index (χ4v) is 2.73. The minimum Gasteiger partial charge on any atom is -0.468 e. The quantitative estimate of drug-likeness (QED) is 0.840. The van der Waals surface area contributed by atoms with Crippen LogP contribution in [0.25, 0.3) is 0 Å². The summed E-state index contributed by atoms with van der Waals surface area (Å²) in [5.41, 5.74) is 2.19. The van der Waals surface area contributed by atoms with Crippen molar-refractivity contribution >= 4 is 5.95 Å². The lowest BCUT2D eigenvalue weighted by atomic mass is 9.84. The number of nitrogens with zero attached hydrogens (tertiary/aromatic N) is 6. The van der Waals surface area contributed by atoms with Crippen molar-refractivity contribution in [3.63, 3.8) is 0 Å². The lowest BCUT2D eigenvalue weighted by Crippen LogP contribution is -2.30. The molecular weight excluding hydrogens is 292 g/mol. The molecule has 2 aromatic rings. The summed E-state index contributed by atoms with van der Waals surface area (Å²) in [4.78, 5) is 13.7. The lowest BCUT2D eigenvalue weighted by molar-refractivity contribution is 0.500. The van der Waals surface area contributed by atoms with E-state index in [4.69, 9.17) is 4.42 Å². The minimum absolute atomic E-state index is 0.369. The summed E-state index contributed by atoms with van der Waals surface area (Å²) >= 11 is 0. The summed E-state index contributed by atoms with van der Waals surface area (Å²) in [5.74, 6) is 0.415. The molecule has 0 saturated heterocycles. The second kappa shape index (κ2) is 5.74. The van der Waals surface area contributed by atoms with Gasteiger partial charge in [0.1, 0.15) is 18.4 Å². The van der Waals surface area contributed by atoms with E-state index in [1.54, 1.807) is 30.9 Å². The van der Waals surface area contributed by atoms with Crippen molar-refractivity contribution in [2.75, 3.05) is 4.90 Å². The second-order valence-corrected chi connectivity index (χ2v) is 4.94. The number of nitriles is 2. The van der Waals surface area contributed by atoms with Crippen molar-refractivity contribution in [1.29, 1.82) is 10.5 Å². The van der Waals surface area contributed by atoms with Crippen molar-refractivity contribution in [1.82, 2.24) is 15.0 Å². The zero-order valence-electron chi connectivity index (χ0n) is 12.6. The summed E-state index contributed by atoms with van der Waals surface area (Å²) in [6, 6.07) is 7.90. The SMILES string of the molecule is CC1=C(C#N)C(c2ccco2)C(C#N)=C(C)N1c1ncncn1. The van der Waals surface area contributed by atoms with E-state index in [9.17, 15) is 10.5 Å². The molecule has 112 valence electrons. The molecule has 0 radical (unpaired) electrons. The molecule has 0 unspecified atom stereocenters. The number of hydrogen-bond donors (Lipinski definition) is 0. The normalized spacial score (nSPS) is 15.6. The van der Waals surface area contributed by atoms with Crippen LogP contribution in [-0.4, -0.2) is 15.0 Å². The van der Waals surface area contributed by atoms with E-state index in [1.165, 1.54) is 18.9 Å². The smallest absolute Gasteiger partial charge is 0.237 e. The third-order valence-corrected chi connectivity index (χ3v) is 3.78. The largest absolute Gasteiger partial charge is 0.468 e. The summed E-state index contributed by atoms with van der Waals surface area (Å²) in [6.07, 6.45) is 4.28. The Morgan fingerprint density at radius 1 is 1.09 bits per heavy atom. The molecule has 0 saturated carbocycles. The number of allylic oxidation sites excluding steroid dienone is 4. The molecule has 1 aliphatic rings. The van der Waals surface area contributed by atoms with Crippen molar-refractivity contribution in [2.45, 2.75) is 19.8 Å². The van der Waals surface area contributed by atoms with Crippen LogP contribution in [0.4, 0.5) is 5.95 Å². The van der Waals surface area contributed by atoms with Gasteiger partial charge in [0.25, 0.3) is 0 Å². The third kappa shape index (κ3) is 2.25. The fourth-order valence-electron chi connectivity index (χ4n) is 2.73. The Hall–Kier alpha value is -3.45. The van der Waals surface area contributed by atoms with Crippen molar-refractivity contribution in [2.24, 2.45) is 0 Å². The summed E-state index contributed by atoms with van der Waals surface area (Å²) in [7, 11) is 0. The van der Waals surface area contributed by atoms with Crippen molar-refractivity contribution in [3.8, 4) is 12.1 Å². The summed E-state index contributed by atoms with van der Waals surface area (Å²) in [6.45, 7) is 3.60. The Balaban J connectivity index is 2.23. The van der Waals surface area contributed by atoms with Gasteiger partial charge in [-0.05, 0) is 26.0 Å². The van der Waals surface area contributed by atoms with Gasteiger partial charge >= 0.3 is 0 Å². The second-order valence-electron chi connectivity index (χ2n) is 4.94. The van der Waals surface area contributed by atoms with Gasteiger partial charge in [-0.3, -0.25) is 4.90 Å². The first-order chi connectivity index (χ1) is 11.2. The number of aromatic nitrogens is 3. The molecule has 7 nitrogen and oxygen atoms in total. The van der Waals surface area contributed by atoms with Gasteiger partial charge < -0.3 is 4.42 Å². The van der Waals surface area contributed by atoms with Crippen LogP contribution >= 0.6 is 0 Å². The van der Waals surface area contributed by atoms with E-state index >= 15 is 0 Å². The van der Waals surface area contributed by atoms with E-state index in [-0.39, 0.29) is 0 Å². The maximum absolute atomic E-state index is 9.63. The molecule has 0 amide bonds. The monoisotopic (exact) mass is 304 g/mol. The number of anilines is 1. The highest BCUT2D eigenvalue weighted by atomic mass is 16.3. The van der Waals surface area contributed by atoms with Crippen molar-refractivity contribution < 1.29 is 4.42 Å². The lowest BCUT2D eigenvalue weighted by Gasteiger charge is -2.32. The third-order valence-electron chi connectivity index (χ3n) is 3.78. The average Bonchev–Trinajstić information content (AvgIpc) is 3.09. The molecule has 0 spiro atoms. The zero-order chi connectivity index (χ0) is 16.4. The van der Waals surface area contributed by atoms with Gasteiger partial charge in [-0.2, -0.15) is 10.5 Å². The van der Waals surface area contributed by atoms with E-state index in [0.717, 1.165) is 0 Å². The molecule has 3 rings (SSSR count). The van der Waals surface area contributed by atoms with Crippen LogP contribution in [0.1, 0.15) is 25.5 Å². The van der Waals surface area contributed by atoms with Crippen LogP contribution in [0.2, 0.25) is 0 Å². The molecule has 0 aliphatic carbocycles. The van der Waals surface area contributed by atoms with Crippen LogP contribution in [0, 0.1) is 22.7 Å². The van der Waals surface area contributed by atoms with Crippen LogP contribution in [0.3, 0.4) is 0 Å². The summed E-state index contributed by atoms with van der Waals surface area (Å²) in [5, 5.41) is 19.3. The number of furan rings is 1. The number of hydrogen-bond acceptors (Lipinski definition) is 7. The van der Waals surface area contributed by atoms with Crippen LogP contribution in [-0.2, 0) is 0 Å². The van der Waals surface area contributed by atoms with Gasteiger partial charge in [0.2, 0.25) is 5.95 Å². The molecule has 0 bridgehead atoms. The predicted molar refractivity (Wildman–Crippen MR) is 80.4 cm³/mol. The summed E-state index contributed by atoms with van der Waals surface area (Å²) < 4.78 is 5.44. The molecule has 0 atom stereocenters. The standard InChI is InChI=1S/C16H12N6O/c1-10-12(6-17)15(14-4-3-5-23-14)13(7-18)11(2)22(10)16-20-8-19-9-21-16/h3-5,8-9,15H,1-2H3. The zero-order valence-corrected chi connectivity index (χ0v) is 12.6. The molecule has 7 heteroatoms. The van der Waals surface area contributed by atoms with Crippen LogP contribution < -0.4 is 4.90 Å². The Morgan fingerprint density at radius 3 is 2.17 bits per heavy atom. The van der Waals surface area contributed by atoms with Crippen molar-refractivity contribution in [3.05, 3.63) is 59.4 Å². The van der Waals surface area contributed by atoms with E-state index < -0.39 is 5.92 Å². The molecule has 0 fully saturated rings. The first kappa shape index (κ1) is 14.5. The van der Waals surface area contributed by atoms with Gasteiger partial charge in [0.15, 0.2) is 0 Å². The molecular formula is C16H12N6O. The van der Waals surface area contributed by atoms with Crippen LogP contribution in [0.5, 0.6) is 0 Å².